The summed E-state index contributed by atoms with van der Waals surface area (Å²) in [6.45, 7) is 3.71. The van der Waals surface area contributed by atoms with Gasteiger partial charge in [-0.15, -0.1) is 19.0 Å². The fourth-order valence-corrected chi connectivity index (χ4v) is 1.74. The van der Waals surface area contributed by atoms with Crippen LogP contribution in [0.25, 0.3) is 10.9 Å². The van der Waals surface area contributed by atoms with E-state index in [1.54, 1.807) is 0 Å². The molecule has 0 unspecified atom stereocenters. The molecule has 2 rings (SSSR count). The maximum atomic E-state index is 6.05. The van der Waals surface area contributed by atoms with Gasteiger partial charge in [0, 0.05) is 23.1 Å². The maximum absolute atomic E-state index is 6.05. The number of nitrogens with one attached hydrogen (secondary N) is 1. The third kappa shape index (κ3) is 2.22. The van der Waals surface area contributed by atoms with Gasteiger partial charge in [0.2, 0.25) is 0 Å². The van der Waals surface area contributed by atoms with Crippen LogP contribution in [0.2, 0.25) is 0 Å². The van der Waals surface area contributed by atoms with Gasteiger partial charge in [0.05, 0.1) is 0 Å². The lowest BCUT2D eigenvalue weighted by Gasteiger charge is -2.10. The van der Waals surface area contributed by atoms with Crippen LogP contribution < -0.4 is 5.73 Å². The number of aromatic nitrogens is 1. The van der Waals surface area contributed by atoms with Crippen molar-refractivity contribution in [3.05, 3.63) is 48.7 Å². The number of hydrogen-bond donors (Lipinski definition) is 2. The number of halogens is 1. The standard InChI is InChI=1S/C12H14N2.ClH/c1-2-4-11(13)9-5-3-6-12-10(9)7-8-14-12;/h2-3,5-8,11,14H,1,4,13H2;1H/t11-;/m0./s1. The summed E-state index contributed by atoms with van der Waals surface area (Å²) < 4.78 is 0. The van der Waals surface area contributed by atoms with Gasteiger partial charge in [0.25, 0.3) is 0 Å². The van der Waals surface area contributed by atoms with Crippen LogP contribution in [0.1, 0.15) is 18.0 Å². The van der Waals surface area contributed by atoms with Gasteiger partial charge >= 0.3 is 0 Å². The van der Waals surface area contributed by atoms with Crippen LogP contribution in [0.5, 0.6) is 0 Å². The summed E-state index contributed by atoms with van der Waals surface area (Å²) in [5.74, 6) is 0. The van der Waals surface area contributed by atoms with Gasteiger partial charge in [-0.25, -0.2) is 0 Å². The van der Waals surface area contributed by atoms with E-state index in [1.807, 2.05) is 18.3 Å². The monoisotopic (exact) mass is 222 g/mol. The van der Waals surface area contributed by atoms with Gasteiger partial charge in [-0.2, -0.15) is 0 Å². The molecule has 2 aromatic rings. The molecule has 0 saturated carbocycles. The highest BCUT2D eigenvalue weighted by Crippen LogP contribution is 2.23. The molecule has 3 N–H and O–H groups in total. The summed E-state index contributed by atoms with van der Waals surface area (Å²) in [5, 5.41) is 1.21. The van der Waals surface area contributed by atoms with Gasteiger partial charge < -0.3 is 10.7 Å². The largest absolute Gasteiger partial charge is 0.361 e. The summed E-state index contributed by atoms with van der Waals surface area (Å²) >= 11 is 0. The highest BCUT2D eigenvalue weighted by molar-refractivity contribution is 5.85. The zero-order valence-electron chi connectivity index (χ0n) is 8.44. The van der Waals surface area contributed by atoms with E-state index in [0.29, 0.717) is 0 Å². The van der Waals surface area contributed by atoms with Gasteiger partial charge in [0.1, 0.15) is 0 Å². The average molecular weight is 223 g/mol. The van der Waals surface area contributed by atoms with Crippen molar-refractivity contribution in [2.75, 3.05) is 0 Å². The Bertz CT molecular complexity index is 448. The van der Waals surface area contributed by atoms with Crippen LogP contribution in [0.15, 0.2) is 43.1 Å². The van der Waals surface area contributed by atoms with Crippen molar-refractivity contribution in [1.82, 2.24) is 4.98 Å². The first-order chi connectivity index (χ1) is 6.83. The van der Waals surface area contributed by atoms with Crippen molar-refractivity contribution in [1.29, 1.82) is 0 Å². The van der Waals surface area contributed by atoms with Crippen LogP contribution in [-0.2, 0) is 0 Å². The molecule has 0 aliphatic heterocycles. The Balaban J connectivity index is 0.00000112. The Morgan fingerprint density at radius 3 is 2.93 bits per heavy atom. The number of H-pyrrole nitrogens is 1. The lowest BCUT2D eigenvalue weighted by molar-refractivity contribution is 0.748. The molecule has 0 amide bonds. The number of aromatic amines is 1. The number of nitrogens with two attached hydrogens (primary N) is 1. The van der Waals surface area contributed by atoms with Gasteiger partial charge in [-0.1, -0.05) is 18.2 Å². The van der Waals surface area contributed by atoms with E-state index >= 15 is 0 Å². The van der Waals surface area contributed by atoms with Gasteiger partial charge in [0.15, 0.2) is 0 Å². The Kier molecular flexibility index (Phi) is 3.95. The third-order valence-corrected chi connectivity index (χ3v) is 2.45. The molecular weight excluding hydrogens is 208 g/mol. The second-order valence-electron chi connectivity index (χ2n) is 3.42. The topological polar surface area (TPSA) is 41.8 Å². The second kappa shape index (κ2) is 5.01. The van der Waals surface area contributed by atoms with Crippen molar-refractivity contribution in [3.8, 4) is 0 Å². The first kappa shape index (κ1) is 11.8. The summed E-state index contributed by atoms with van der Waals surface area (Å²) in [7, 11) is 0. The summed E-state index contributed by atoms with van der Waals surface area (Å²) in [5.41, 5.74) is 8.37. The maximum Gasteiger partial charge on any atom is 0.0457 e. The molecular formula is C12H15ClN2. The van der Waals surface area contributed by atoms with E-state index in [9.17, 15) is 0 Å². The van der Waals surface area contributed by atoms with E-state index in [4.69, 9.17) is 5.73 Å². The van der Waals surface area contributed by atoms with Crippen LogP contribution in [0.4, 0.5) is 0 Å². The van der Waals surface area contributed by atoms with E-state index < -0.39 is 0 Å². The Hall–Kier alpha value is -1.25. The number of rotatable bonds is 3. The molecule has 3 heteroatoms. The molecule has 2 nitrogen and oxygen atoms in total. The Morgan fingerprint density at radius 2 is 2.20 bits per heavy atom. The summed E-state index contributed by atoms with van der Waals surface area (Å²) in [6.07, 6.45) is 4.61. The number of fused-ring (bicyclic) bond motifs is 1. The minimum absolute atomic E-state index is 0. The molecule has 1 aromatic heterocycles. The number of hydrogen-bond acceptors (Lipinski definition) is 1. The third-order valence-electron chi connectivity index (χ3n) is 2.45. The van der Waals surface area contributed by atoms with Crippen LogP contribution in [0, 0.1) is 0 Å². The van der Waals surface area contributed by atoms with E-state index in [1.165, 1.54) is 10.9 Å². The van der Waals surface area contributed by atoms with Crippen molar-refractivity contribution >= 4 is 23.3 Å². The predicted octanol–water partition coefficient (Wildman–Crippen LogP) is 3.17. The molecule has 0 spiro atoms. The Labute approximate surface area is 95.6 Å². The lowest BCUT2D eigenvalue weighted by Crippen LogP contribution is -2.08. The SMILES string of the molecule is C=CC[C@H](N)c1cccc2[nH]ccc12.Cl. The fraction of sp³-hybridized carbons (Fsp3) is 0.167. The fourth-order valence-electron chi connectivity index (χ4n) is 1.74. The predicted molar refractivity (Wildman–Crippen MR) is 67.3 cm³/mol. The molecule has 1 aromatic carbocycles. The zero-order chi connectivity index (χ0) is 9.97. The first-order valence-electron chi connectivity index (χ1n) is 4.75. The van der Waals surface area contributed by atoms with Crippen molar-refractivity contribution in [2.45, 2.75) is 12.5 Å². The van der Waals surface area contributed by atoms with E-state index in [2.05, 4.69) is 29.8 Å². The van der Waals surface area contributed by atoms with E-state index in [-0.39, 0.29) is 18.4 Å². The smallest absolute Gasteiger partial charge is 0.0457 e. The molecule has 80 valence electrons. The minimum Gasteiger partial charge on any atom is -0.361 e. The molecule has 0 radical (unpaired) electrons. The molecule has 0 aliphatic rings. The van der Waals surface area contributed by atoms with Crippen LogP contribution >= 0.6 is 12.4 Å². The summed E-state index contributed by atoms with van der Waals surface area (Å²) in [6, 6.07) is 8.26. The second-order valence-corrected chi connectivity index (χ2v) is 3.42. The lowest BCUT2D eigenvalue weighted by atomic mass is 10.0. The summed E-state index contributed by atoms with van der Waals surface area (Å²) in [4.78, 5) is 3.18. The van der Waals surface area contributed by atoms with Gasteiger partial charge in [-0.3, -0.25) is 0 Å². The average Bonchev–Trinajstić information content (AvgIpc) is 2.65. The van der Waals surface area contributed by atoms with Crippen LogP contribution in [-0.4, -0.2) is 4.98 Å². The molecule has 15 heavy (non-hydrogen) atoms. The molecule has 0 aliphatic carbocycles. The first-order valence-corrected chi connectivity index (χ1v) is 4.75. The van der Waals surface area contributed by atoms with Crippen molar-refractivity contribution in [3.63, 3.8) is 0 Å². The molecule has 0 bridgehead atoms. The zero-order valence-corrected chi connectivity index (χ0v) is 9.26. The highest BCUT2D eigenvalue weighted by atomic mass is 35.5. The van der Waals surface area contributed by atoms with Crippen molar-refractivity contribution < 1.29 is 0 Å². The Morgan fingerprint density at radius 1 is 1.40 bits per heavy atom. The number of benzene rings is 1. The highest BCUT2D eigenvalue weighted by Gasteiger charge is 2.07. The molecule has 1 heterocycles. The molecule has 0 fully saturated rings. The molecule has 1 atom stereocenters. The van der Waals surface area contributed by atoms with E-state index in [0.717, 1.165) is 11.9 Å². The molecule has 0 saturated heterocycles. The minimum atomic E-state index is 0. The van der Waals surface area contributed by atoms with Crippen LogP contribution in [0.3, 0.4) is 0 Å². The van der Waals surface area contributed by atoms with Crippen molar-refractivity contribution in [2.24, 2.45) is 5.73 Å². The van der Waals surface area contributed by atoms with Gasteiger partial charge in [-0.05, 0) is 24.1 Å². The normalized spacial score (nSPS) is 12.1. The quantitative estimate of drug-likeness (QED) is 0.770.